The highest BCUT2D eigenvalue weighted by Gasteiger charge is 2.04. The molecular formula is C12H12N2O4. The van der Waals surface area contributed by atoms with E-state index in [0.717, 1.165) is 0 Å². The molecule has 1 N–H and O–H groups in total. The molecular weight excluding hydrogens is 236 g/mol. The molecule has 0 aliphatic heterocycles. The van der Waals surface area contributed by atoms with Crippen LogP contribution in [0, 0.1) is 0 Å². The van der Waals surface area contributed by atoms with Crippen LogP contribution in [0.15, 0.2) is 35.3 Å². The van der Waals surface area contributed by atoms with Gasteiger partial charge in [0, 0.05) is 24.3 Å². The Morgan fingerprint density at radius 3 is 2.11 bits per heavy atom. The molecule has 18 heavy (non-hydrogen) atoms. The summed E-state index contributed by atoms with van der Waals surface area (Å²) in [7, 11) is 3.10. The van der Waals surface area contributed by atoms with Crippen molar-refractivity contribution in [3.63, 3.8) is 0 Å². The number of nitrogens with one attached hydrogen (secondary N) is 1. The van der Waals surface area contributed by atoms with Crippen LogP contribution in [0.3, 0.4) is 0 Å². The number of methoxy groups -OCH3 is 2. The summed E-state index contributed by atoms with van der Waals surface area (Å²) < 4.78 is 15.7. The first-order valence-electron chi connectivity index (χ1n) is 5.17. The number of hydrogen-bond donors (Lipinski definition) is 1. The molecule has 0 atom stereocenters. The fourth-order valence-electron chi connectivity index (χ4n) is 1.39. The Hall–Kier alpha value is -2.50. The van der Waals surface area contributed by atoms with E-state index >= 15 is 0 Å². The smallest absolute Gasteiger partial charge is 0.267 e. The van der Waals surface area contributed by atoms with Gasteiger partial charge in [-0.1, -0.05) is 0 Å². The van der Waals surface area contributed by atoms with Crippen molar-refractivity contribution in [2.75, 3.05) is 14.2 Å². The zero-order chi connectivity index (χ0) is 13.0. The van der Waals surface area contributed by atoms with E-state index < -0.39 is 0 Å². The van der Waals surface area contributed by atoms with Crippen LogP contribution in [0.2, 0.25) is 0 Å². The highest BCUT2D eigenvalue weighted by atomic mass is 16.5. The van der Waals surface area contributed by atoms with Crippen molar-refractivity contribution < 1.29 is 14.2 Å². The van der Waals surface area contributed by atoms with Crippen molar-refractivity contribution in [3.05, 3.63) is 40.8 Å². The highest BCUT2D eigenvalue weighted by Crippen LogP contribution is 2.29. The van der Waals surface area contributed by atoms with Gasteiger partial charge >= 0.3 is 0 Å². The van der Waals surface area contributed by atoms with E-state index in [1.807, 2.05) is 0 Å². The van der Waals surface area contributed by atoms with Gasteiger partial charge in [0.25, 0.3) is 5.56 Å². The number of aromatic nitrogens is 2. The molecule has 0 unspecified atom stereocenters. The minimum absolute atomic E-state index is 0.331. The Morgan fingerprint density at radius 1 is 0.944 bits per heavy atom. The summed E-state index contributed by atoms with van der Waals surface area (Å²) in [5.41, 5.74) is -0.331. The number of nitrogens with zero attached hydrogens (tertiary/aromatic N) is 1. The standard InChI is InChI=1S/C12H12N2O4/c1-16-8-3-9(17-2)5-10(4-8)18-11-6-12(15)14-13-7-11/h3-7H,1-2H3,(H,14,15). The molecule has 0 spiro atoms. The number of aromatic amines is 1. The summed E-state index contributed by atoms with van der Waals surface area (Å²) in [4.78, 5) is 11.1. The maximum atomic E-state index is 11.1. The number of ether oxygens (including phenoxy) is 3. The lowest BCUT2D eigenvalue weighted by Gasteiger charge is -2.09. The minimum Gasteiger partial charge on any atom is -0.496 e. The van der Waals surface area contributed by atoms with Crippen molar-refractivity contribution in [2.45, 2.75) is 0 Å². The van der Waals surface area contributed by atoms with Gasteiger partial charge in [-0.05, 0) is 0 Å². The molecule has 2 rings (SSSR count). The van der Waals surface area contributed by atoms with Crippen LogP contribution >= 0.6 is 0 Å². The van der Waals surface area contributed by atoms with E-state index in [2.05, 4.69) is 10.2 Å². The first kappa shape index (κ1) is 12.0. The van der Waals surface area contributed by atoms with Gasteiger partial charge in [-0.25, -0.2) is 5.10 Å². The van der Waals surface area contributed by atoms with Crippen molar-refractivity contribution in [3.8, 4) is 23.0 Å². The monoisotopic (exact) mass is 248 g/mol. The van der Waals surface area contributed by atoms with Crippen LogP contribution in [0.1, 0.15) is 0 Å². The van der Waals surface area contributed by atoms with Gasteiger partial charge in [0.05, 0.1) is 20.4 Å². The molecule has 6 nitrogen and oxygen atoms in total. The van der Waals surface area contributed by atoms with Crippen molar-refractivity contribution in [2.24, 2.45) is 0 Å². The molecule has 2 aromatic rings. The number of rotatable bonds is 4. The lowest BCUT2D eigenvalue weighted by molar-refractivity contribution is 0.386. The molecule has 0 radical (unpaired) electrons. The predicted octanol–water partition coefficient (Wildman–Crippen LogP) is 1.58. The molecule has 0 amide bonds. The molecule has 1 aromatic heterocycles. The summed E-state index contributed by atoms with van der Waals surface area (Å²) >= 11 is 0. The Morgan fingerprint density at radius 2 is 1.56 bits per heavy atom. The van der Waals surface area contributed by atoms with E-state index in [1.165, 1.54) is 12.3 Å². The fourth-order valence-corrected chi connectivity index (χ4v) is 1.39. The third-order valence-electron chi connectivity index (χ3n) is 2.20. The largest absolute Gasteiger partial charge is 0.496 e. The quantitative estimate of drug-likeness (QED) is 0.889. The van der Waals surface area contributed by atoms with Gasteiger partial charge in [-0.15, -0.1) is 0 Å². The molecule has 6 heteroatoms. The van der Waals surface area contributed by atoms with E-state index in [4.69, 9.17) is 14.2 Å². The van der Waals surface area contributed by atoms with E-state index in [0.29, 0.717) is 23.0 Å². The molecule has 1 aromatic carbocycles. The van der Waals surface area contributed by atoms with E-state index in [-0.39, 0.29) is 5.56 Å². The molecule has 94 valence electrons. The third kappa shape index (κ3) is 2.79. The summed E-state index contributed by atoms with van der Waals surface area (Å²) in [6, 6.07) is 6.40. The van der Waals surface area contributed by atoms with Crippen molar-refractivity contribution in [1.82, 2.24) is 10.2 Å². The molecule has 0 saturated heterocycles. The minimum atomic E-state index is -0.331. The number of benzene rings is 1. The van der Waals surface area contributed by atoms with Crippen LogP contribution in [-0.4, -0.2) is 24.4 Å². The zero-order valence-corrected chi connectivity index (χ0v) is 9.97. The summed E-state index contributed by atoms with van der Waals surface area (Å²) in [6.45, 7) is 0. The van der Waals surface area contributed by atoms with Crippen molar-refractivity contribution >= 4 is 0 Å². The van der Waals surface area contributed by atoms with Gasteiger partial charge in [-0.3, -0.25) is 4.79 Å². The number of H-pyrrole nitrogens is 1. The Kier molecular flexibility index (Phi) is 3.47. The summed E-state index contributed by atoms with van der Waals surface area (Å²) in [6.07, 6.45) is 1.41. The van der Waals surface area contributed by atoms with Gasteiger partial charge in [0.2, 0.25) is 0 Å². The summed E-state index contributed by atoms with van der Waals surface area (Å²) in [5.74, 6) is 2.04. The van der Waals surface area contributed by atoms with Crippen LogP contribution in [0.25, 0.3) is 0 Å². The van der Waals surface area contributed by atoms with E-state index in [9.17, 15) is 4.79 Å². The molecule has 0 bridgehead atoms. The van der Waals surface area contributed by atoms with Crippen molar-refractivity contribution in [1.29, 1.82) is 0 Å². The molecule has 0 aliphatic carbocycles. The normalized spacial score (nSPS) is 9.89. The fraction of sp³-hybridized carbons (Fsp3) is 0.167. The van der Waals surface area contributed by atoms with Crippen LogP contribution in [0.5, 0.6) is 23.0 Å². The average molecular weight is 248 g/mol. The predicted molar refractivity (Wildman–Crippen MR) is 64.5 cm³/mol. The second-order valence-corrected chi connectivity index (χ2v) is 3.43. The second-order valence-electron chi connectivity index (χ2n) is 3.43. The maximum absolute atomic E-state index is 11.1. The second kappa shape index (κ2) is 5.22. The Balaban J connectivity index is 2.30. The van der Waals surface area contributed by atoms with Gasteiger partial charge in [-0.2, -0.15) is 5.10 Å². The lowest BCUT2D eigenvalue weighted by atomic mass is 10.3. The lowest BCUT2D eigenvalue weighted by Crippen LogP contribution is -2.05. The molecule has 0 fully saturated rings. The number of hydrogen-bond acceptors (Lipinski definition) is 5. The van der Waals surface area contributed by atoms with Gasteiger partial charge in [0.15, 0.2) is 5.75 Å². The molecule has 0 aliphatic rings. The van der Waals surface area contributed by atoms with Crippen LogP contribution in [0.4, 0.5) is 0 Å². The summed E-state index contributed by atoms with van der Waals surface area (Å²) in [5, 5.41) is 5.91. The van der Waals surface area contributed by atoms with Gasteiger partial charge in [0.1, 0.15) is 17.2 Å². The highest BCUT2D eigenvalue weighted by molar-refractivity contribution is 5.43. The van der Waals surface area contributed by atoms with Crippen LogP contribution in [-0.2, 0) is 0 Å². The topological polar surface area (TPSA) is 73.4 Å². The Labute approximate surface area is 103 Å². The first-order chi connectivity index (χ1) is 8.71. The third-order valence-corrected chi connectivity index (χ3v) is 2.20. The zero-order valence-electron chi connectivity index (χ0n) is 9.97. The average Bonchev–Trinajstić information content (AvgIpc) is 2.38. The molecule has 1 heterocycles. The van der Waals surface area contributed by atoms with Crippen LogP contribution < -0.4 is 19.8 Å². The van der Waals surface area contributed by atoms with Gasteiger partial charge < -0.3 is 14.2 Å². The van der Waals surface area contributed by atoms with E-state index in [1.54, 1.807) is 32.4 Å². The Bertz CT molecular complexity index is 572. The SMILES string of the molecule is COc1cc(OC)cc(Oc2cn[nH]c(=O)c2)c1. The first-order valence-corrected chi connectivity index (χ1v) is 5.17. The maximum Gasteiger partial charge on any atom is 0.267 e. The molecule has 0 saturated carbocycles.